The van der Waals surface area contributed by atoms with Crippen molar-refractivity contribution in [2.75, 3.05) is 39.5 Å². The van der Waals surface area contributed by atoms with Gasteiger partial charge in [0, 0.05) is 26.2 Å². The molecule has 2 aliphatic rings. The van der Waals surface area contributed by atoms with Crippen molar-refractivity contribution in [1.29, 1.82) is 0 Å². The van der Waals surface area contributed by atoms with Gasteiger partial charge in [0.05, 0.1) is 29.8 Å². The van der Waals surface area contributed by atoms with Gasteiger partial charge in [-0.2, -0.15) is 4.31 Å². The number of amides is 1. The van der Waals surface area contributed by atoms with E-state index in [1.165, 1.54) is 4.31 Å². The van der Waals surface area contributed by atoms with Crippen molar-refractivity contribution in [3.05, 3.63) is 29.6 Å². The summed E-state index contributed by atoms with van der Waals surface area (Å²) in [5.41, 5.74) is 4.34. The number of hydrogen-bond donors (Lipinski definition) is 3. The Bertz CT molecular complexity index is 855. The predicted molar refractivity (Wildman–Crippen MR) is 106 cm³/mol. The first kappa shape index (κ1) is 21.8. The molecule has 1 unspecified atom stereocenters. The van der Waals surface area contributed by atoms with Crippen molar-refractivity contribution in [2.24, 2.45) is 0 Å². The van der Waals surface area contributed by atoms with E-state index in [-0.39, 0.29) is 42.4 Å². The number of carbonyl (C=O) groups excluding carboxylic acids is 1. The lowest BCUT2D eigenvalue weighted by Gasteiger charge is -2.26. The largest absolute Gasteiger partial charge is 0.379 e. The van der Waals surface area contributed by atoms with Crippen LogP contribution in [0.25, 0.3) is 0 Å². The summed E-state index contributed by atoms with van der Waals surface area (Å²) in [7, 11) is -3.85. The van der Waals surface area contributed by atoms with Crippen LogP contribution in [0.1, 0.15) is 23.2 Å². The number of carbonyl (C=O) groups is 1. The van der Waals surface area contributed by atoms with Crippen LogP contribution in [0.3, 0.4) is 0 Å². The van der Waals surface area contributed by atoms with Gasteiger partial charge < -0.3 is 14.8 Å². The second-order valence-electron chi connectivity index (χ2n) is 6.58. The summed E-state index contributed by atoms with van der Waals surface area (Å²) in [6.45, 7) is 2.18. The zero-order valence-electron chi connectivity index (χ0n) is 15.6. The van der Waals surface area contributed by atoms with Crippen LogP contribution in [0.4, 0.5) is 4.39 Å². The summed E-state index contributed by atoms with van der Waals surface area (Å²) in [6.07, 6.45) is 1.98. The average Bonchev–Trinajstić information content (AvgIpc) is 3.25. The minimum absolute atomic E-state index is 0.0602. The number of benzene rings is 1. The molecule has 1 aromatic carbocycles. The maximum Gasteiger partial charge on any atom is 0.272 e. The van der Waals surface area contributed by atoms with E-state index in [0.717, 1.165) is 31.0 Å². The molecule has 1 amide bonds. The van der Waals surface area contributed by atoms with Crippen LogP contribution in [-0.2, 0) is 19.5 Å². The van der Waals surface area contributed by atoms with E-state index >= 15 is 0 Å². The molecule has 0 bridgehead atoms. The van der Waals surface area contributed by atoms with Gasteiger partial charge in [-0.3, -0.25) is 15.6 Å². The molecule has 0 spiro atoms. The molecule has 1 aromatic rings. The first-order valence-electron chi connectivity index (χ1n) is 9.21. The molecule has 12 heteroatoms. The zero-order chi connectivity index (χ0) is 20.9. The fourth-order valence-corrected chi connectivity index (χ4v) is 4.58. The Morgan fingerprint density at radius 1 is 1.24 bits per heavy atom. The van der Waals surface area contributed by atoms with Gasteiger partial charge in [-0.1, -0.05) is 0 Å². The van der Waals surface area contributed by atoms with E-state index in [9.17, 15) is 17.6 Å². The van der Waals surface area contributed by atoms with Gasteiger partial charge in [0.25, 0.3) is 5.91 Å². The van der Waals surface area contributed by atoms with Crippen molar-refractivity contribution in [3.8, 4) is 0 Å². The van der Waals surface area contributed by atoms with Gasteiger partial charge in [0.1, 0.15) is 5.82 Å². The number of nitrogens with zero attached hydrogens (tertiary/aromatic N) is 1. The standard InChI is InChI=1S/C17H23FN4O5S2/c18-15-4-3-13(29(24,25)22-5-8-26-9-6-22)10-14(15)16(23)20-21-17(28)19-11-12-2-1-7-27-12/h3-4,10,12H,1-2,5-9,11H2,(H,20,23)(H2,19,21,28). The van der Waals surface area contributed by atoms with Crippen LogP contribution in [0.15, 0.2) is 23.1 Å². The molecule has 29 heavy (non-hydrogen) atoms. The molecule has 2 heterocycles. The third-order valence-electron chi connectivity index (χ3n) is 4.59. The van der Waals surface area contributed by atoms with Crippen LogP contribution in [0.5, 0.6) is 0 Å². The molecule has 3 N–H and O–H groups in total. The van der Waals surface area contributed by atoms with Crippen molar-refractivity contribution < 1.29 is 27.1 Å². The average molecular weight is 447 g/mol. The molecule has 1 atom stereocenters. The van der Waals surface area contributed by atoms with Gasteiger partial charge in [-0.15, -0.1) is 0 Å². The molecule has 9 nitrogen and oxygen atoms in total. The maximum atomic E-state index is 14.1. The second-order valence-corrected chi connectivity index (χ2v) is 8.93. The number of morpholine rings is 1. The Morgan fingerprint density at radius 2 is 2.00 bits per heavy atom. The Hall–Kier alpha value is -1.86. The molecule has 0 radical (unpaired) electrons. The van der Waals surface area contributed by atoms with Gasteiger partial charge in [0.15, 0.2) is 5.11 Å². The number of halogens is 1. The van der Waals surface area contributed by atoms with Crippen LogP contribution in [0.2, 0.25) is 0 Å². The lowest BCUT2D eigenvalue weighted by molar-refractivity contribution is 0.0730. The molecule has 0 aliphatic carbocycles. The molecule has 3 rings (SSSR count). The SMILES string of the molecule is O=C(NNC(=S)NCC1CCCO1)c1cc(S(=O)(=O)N2CCOCC2)ccc1F. The highest BCUT2D eigenvalue weighted by molar-refractivity contribution is 7.89. The summed E-state index contributed by atoms with van der Waals surface area (Å²) < 4.78 is 51.4. The Balaban J connectivity index is 1.61. The number of ether oxygens (including phenoxy) is 2. The molecule has 2 aliphatic heterocycles. The lowest BCUT2D eigenvalue weighted by atomic mass is 10.2. The third-order valence-corrected chi connectivity index (χ3v) is 6.74. The van der Waals surface area contributed by atoms with Crippen molar-refractivity contribution >= 4 is 33.3 Å². The molecular weight excluding hydrogens is 423 g/mol. The molecule has 2 saturated heterocycles. The van der Waals surface area contributed by atoms with Crippen molar-refractivity contribution in [1.82, 2.24) is 20.5 Å². The lowest BCUT2D eigenvalue weighted by Crippen LogP contribution is -2.48. The van der Waals surface area contributed by atoms with E-state index in [4.69, 9.17) is 21.7 Å². The van der Waals surface area contributed by atoms with E-state index < -0.39 is 27.3 Å². The van der Waals surface area contributed by atoms with Gasteiger partial charge in [-0.05, 0) is 43.3 Å². The first-order chi connectivity index (χ1) is 13.9. The number of rotatable bonds is 5. The maximum absolute atomic E-state index is 14.1. The Morgan fingerprint density at radius 3 is 2.69 bits per heavy atom. The van der Waals surface area contributed by atoms with E-state index in [1.807, 2.05) is 0 Å². The number of hydrazine groups is 1. The number of nitrogens with one attached hydrogen (secondary N) is 3. The third kappa shape index (κ3) is 5.60. The van der Waals surface area contributed by atoms with Gasteiger partial charge in [0.2, 0.25) is 10.0 Å². The minimum Gasteiger partial charge on any atom is -0.379 e. The topological polar surface area (TPSA) is 109 Å². The van der Waals surface area contributed by atoms with Crippen molar-refractivity contribution in [2.45, 2.75) is 23.8 Å². The quantitative estimate of drug-likeness (QED) is 0.433. The number of sulfonamides is 1. The highest BCUT2D eigenvalue weighted by Crippen LogP contribution is 2.20. The van der Waals surface area contributed by atoms with Crippen molar-refractivity contribution in [3.63, 3.8) is 0 Å². The summed E-state index contributed by atoms with van der Waals surface area (Å²) in [5, 5.41) is 3.04. The summed E-state index contributed by atoms with van der Waals surface area (Å²) in [5.74, 6) is -1.69. The molecule has 2 fully saturated rings. The minimum atomic E-state index is -3.85. The van der Waals surface area contributed by atoms with Crippen LogP contribution < -0.4 is 16.2 Å². The monoisotopic (exact) mass is 446 g/mol. The normalized spacial score (nSPS) is 20.2. The molecule has 0 saturated carbocycles. The summed E-state index contributed by atoms with van der Waals surface area (Å²) in [6, 6.07) is 3.11. The Labute approximate surface area is 173 Å². The van der Waals surface area contributed by atoms with E-state index in [1.54, 1.807) is 0 Å². The van der Waals surface area contributed by atoms with Crippen LogP contribution >= 0.6 is 12.2 Å². The van der Waals surface area contributed by atoms with Gasteiger partial charge in [-0.25, -0.2) is 12.8 Å². The van der Waals surface area contributed by atoms with E-state index in [0.29, 0.717) is 13.2 Å². The van der Waals surface area contributed by atoms with Gasteiger partial charge >= 0.3 is 0 Å². The fourth-order valence-electron chi connectivity index (χ4n) is 3.01. The van der Waals surface area contributed by atoms with Crippen LogP contribution in [-0.4, -0.2) is 69.3 Å². The molecule has 0 aromatic heterocycles. The first-order valence-corrected chi connectivity index (χ1v) is 11.1. The summed E-state index contributed by atoms with van der Waals surface area (Å²) in [4.78, 5) is 12.2. The highest BCUT2D eigenvalue weighted by Gasteiger charge is 2.28. The summed E-state index contributed by atoms with van der Waals surface area (Å²) >= 11 is 5.06. The zero-order valence-corrected chi connectivity index (χ0v) is 17.3. The predicted octanol–water partition coefficient (Wildman–Crippen LogP) is 0.135. The van der Waals surface area contributed by atoms with Crippen LogP contribution in [0, 0.1) is 5.82 Å². The Kier molecular flexibility index (Phi) is 7.35. The number of hydrogen-bond acceptors (Lipinski definition) is 6. The fraction of sp³-hybridized carbons (Fsp3) is 0.529. The smallest absolute Gasteiger partial charge is 0.272 e. The second kappa shape index (κ2) is 9.76. The highest BCUT2D eigenvalue weighted by atomic mass is 32.2. The molecule has 160 valence electrons. The molecular formula is C17H23FN4O5S2. The number of thiocarbonyl (C=S) groups is 1. The van der Waals surface area contributed by atoms with E-state index in [2.05, 4.69) is 16.2 Å².